The van der Waals surface area contributed by atoms with Crippen LogP contribution in [0.1, 0.15) is 33.3 Å². The number of benzene rings is 1. The summed E-state index contributed by atoms with van der Waals surface area (Å²) in [7, 11) is 0. The van der Waals surface area contributed by atoms with Crippen molar-refractivity contribution < 1.29 is 14.6 Å². The first-order valence-electron chi connectivity index (χ1n) is 6.96. The number of ether oxygens (including phenoxy) is 1. The zero-order chi connectivity index (χ0) is 15.2. The molecule has 0 aromatic heterocycles. The van der Waals surface area contributed by atoms with Crippen LogP contribution in [-0.4, -0.2) is 29.4 Å². The van der Waals surface area contributed by atoms with E-state index in [1.165, 1.54) is 0 Å². The second-order valence-electron chi connectivity index (χ2n) is 6.10. The predicted molar refractivity (Wildman–Crippen MR) is 79.6 cm³/mol. The number of carbonyl (C=O) groups excluding carboxylic acids is 1. The Labute approximate surface area is 121 Å². The predicted octanol–water partition coefficient (Wildman–Crippen LogP) is 2.75. The Morgan fingerprint density at radius 1 is 1.30 bits per heavy atom. The molecular weight excluding hydrogens is 254 g/mol. The number of rotatable bonds is 5. The number of carbonyl (C=O) groups is 1. The molecule has 0 saturated carbocycles. The molecule has 2 atom stereocenters. The molecular formula is C16H25NO3. The van der Waals surface area contributed by atoms with Gasteiger partial charge < -0.3 is 15.2 Å². The standard InChI is InChI=1S/C16H25NO3/c1-12(11-18)14(10-13-8-6-5-7-9-13)17-15(19)20-16(2,3)4/h5-9,12,14,18H,10-11H2,1-4H3,(H,17,19)/t12-,14+/m1/s1. The number of aliphatic hydroxyl groups excluding tert-OH is 1. The average Bonchev–Trinajstić information content (AvgIpc) is 2.36. The second kappa shape index (κ2) is 7.29. The fourth-order valence-corrected chi connectivity index (χ4v) is 1.85. The molecule has 0 heterocycles. The lowest BCUT2D eigenvalue weighted by atomic mass is 9.96. The van der Waals surface area contributed by atoms with E-state index in [4.69, 9.17) is 4.74 Å². The molecule has 0 aliphatic heterocycles. The molecule has 0 unspecified atom stereocenters. The Kier molecular flexibility index (Phi) is 6.02. The van der Waals surface area contributed by atoms with Crippen LogP contribution in [0.3, 0.4) is 0 Å². The van der Waals surface area contributed by atoms with Crippen molar-refractivity contribution in [2.45, 2.75) is 45.8 Å². The van der Waals surface area contributed by atoms with Crippen molar-refractivity contribution in [3.8, 4) is 0 Å². The first-order chi connectivity index (χ1) is 9.31. The van der Waals surface area contributed by atoms with E-state index in [0.717, 1.165) is 5.56 Å². The smallest absolute Gasteiger partial charge is 0.407 e. The van der Waals surface area contributed by atoms with E-state index in [0.29, 0.717) is 6.42 Å². The highest BCUT2D eigenvalue weighted by atomic mass is 16.6. The van der Waals surface area contributed by atoms with Crippen molar-refractivity contribution in [1.82, 2.24) is 5.32 Å². The van der Waals surface area contributed by atoms with Crippen LogP contribution >= 0.6 is 0 Å². The molecule has 0 fully saturated rings. The van der Waals surface area contributed by atoms with E-state index >= 15 is 0 Å². The van der Waals surface area contributed by atoms with Gasteiger partial charge in [0.25, 0.3) is 0 Å². The number of hydrogen-bond acceptors (Lipinski definition) is 3. The quantitative estimate of drug-likeness (QED) is 0.871. The first-order valence-corrected chi connectivity index (χ1v) is 6.96. The summed E-state index contributed by atoms with van der Waals surface area (Å²) < 4.78 is 5.27. The van der Waals surface area contributed by atoms with E-state index in [1.54, 1.807) is 0 Å². The summed E-state index contributed by atoms with van der Waals surface area (Å²) in [6.45, 7) is 7.41. The Bertz CT molecular complexity index is 411. The molecule has 2 N–H and O–H groups in total. The van der Waals surface area contributed by atoms with Gasteiger partial charge in [0.2, 0.25) is 0 Å². The Balaban J connectivity index is 2.68. The molecule has 0 aliphatic rings. The minimum absolute atomic E-state index is 0.0211. The topological polar surface area (TPSA) is 58.6 Å². The highest BCUT2D eigenvalue weighted by Gasteiger charge is 2.23. The van der Waals surface area contributed by atoms with Crippen LogP contribution < -0.4 is 5.32 Å². The summed E-state index contributed by atoms with van der Waals surface area (Å²) in [5.41, 5.74) is 0.595. The van der Waals surface area contributed by atoms with Crippen molar-refractivity contribution in [2.24, 2.45) is 5.92 Å². The minimum Gasteiger partial charge on any atom is -0.444 e. The van der Waals surface area contributed by atoms with Crippen LogP contribution in [0.15, 0.2) is 30.3 Å². The van der Waals surface area contributed by atoms with Gasteiger partial charge in [0.15, 0.2) is 0 Å². The zero-order valence-corrected chi connectivity index (χ0v) is 12.7. The van der Waals surface area contributed by atoms with Gasteiger partial charge >= 0.3 is 6.09 Å². The van der Waals surface area contributed by atoms with Crippen molar-refractivity contribution in [1.29, 1.82) is 0 Å². The van der Waals surface area contributed by atoms with Gasteiger partial charge in [0, 0.05) is 12.6 Å². The average molecular weight is 279 g/mol. The maximum atomic E-state index is 11.9. The van der Waals surface area contributed by atoms with Crippen molar-refractivity contribution in [3.05, 3.63) is 35.9 Å². The van der Waals surface area contributed by atoms with Gasteiger partial charge in [-0.1, -0.05) is 37.3 Å². The van der Waals surface area contributed by atoms with E-state index in [9.17, 15) is 9.90 Å². The van der Waals surface area contributed by atoms with Gasteiger partial charge in [0.1, 0.15) is 5.60 Å². The second-order valence-corrected chi connectivity index (χ2v) is 6.10. The molecule has 1 aromatic carbocycles. The van der Waals surface area contributed by atoms with Crippen LogP contribution in [0.5, 0.6) is 0 Å². The molecule has 4 heteroatoms. The minimum atomic E-state index is -0.524. The third kappa shape index (κ3) is 6.06. The summed E-state index contributed by atoms with van der Waals surface area (Å²) >= 11 is 0. The van der Waals surface area contributed by atoms with E-state index in [2.05, 4.69) is 5.32 Å². The first kappa shape index (κ1) is 16.5. The van der Waals surface area contributed by atoms with Crippen LogP contribution in [-0.2, 0) is 11.2 Å². The summed E-state index contributed by atoms with van der Waals surface area (Å²) in [5.74, 6) is -0.0391. The molecule has 4 nitrogen and oxygen atoms in total. The van der Waals surface area contributed by atoms with Crippen LogP contribution in [0, 0.1) is 5.92 Å². The summed E-state index contributed by atoms with van der Waals surface area (Å²) in [5, 5.41) is 12.2. The summed E-state index contributed by atoms with van der Waals surface area (Å²) in [6.07, 6.45) is 0.223. The number of alkyl carbamates (subject to hydrolysis) is 1. The molecule has 1 amide bonds. The maximum Gasteiger partial charge on any atom is 0.407 e. The highest BCUT2D eigenvalue weighted by Crippen LogP contribution is 2.12. The van der Waals surface area contributed by atoms with E-state index < -0.39 is 11.7 Å². The molecule has 1 aromatic rings. The molecule has 1 rings (SSSR count). The molecule has 0 radical (unpaired) electrons. The van der Waals surface area contributed by atoms with Gasteiger partial charge in [-0.05, 0) is 38.7 Å². The Morgan fingerprint density at radius 2 is 1.90 bits per heavy atom. The summed E-state index contributed by atoms with van der Waals surface area (Å²) in [6, 6.07) is 9.74. The highest BCUT2D eigenvalue weighted by molar-refractivity contribution is 5.68. The van der Waals surface area contributed by atoms with E-state index in [1.807, 2.05) is 58.0 Å². The largest absolute Gasteiger partial charge is 0.444 e. The molecule has 20 heavy (non-hydrogen) atoms. The van der Waals surface area contributed by atoms with Crippen LogP contribution in [0.4, 0.5) is 4.79 Å². The Morgan fingerprint density at radius 3 is 2.40 bits per heavy atom. The van der Waals surface area contributed by atoms with Crippen molar-refractivity contribution in [3.63, 3.8) is 0 Å². The van der Waals surface area contributed by atoms with Crippen LogP contribution in [0.2, 0.25) is 0 Å². The Hall–Kier alpha value is -1.55. The van der Waals surface area contributed by atoms with Gasteiger partial charge in [-0.25, -0.2) is 4.79 Å². The number of hydrogen-bond donors (Lipinski definition) is 2. The summed E-state index contributed by atoms with van der Waals surface area (Å²) in [4.78, 5) is 11.9. The van der Waals surface area contributed by atoms with E-state index in [-0.39, 0.29) is 18.6 Å². The SMILES string of the molecule is C[C@H](CO)[C@H](Cc1ccccc1)NC(=O)OC(C)(C)C. The molecule has 0 aliphatic carbocycles. The third-order valence-corrected chi connectivity index (χ3v) is 2.98. The number of aliphatic hydroxyl groups is 1. The molecule has 0 bridgehead atoms. The number of nitrogens with one attached hydrogen (secondary N) is 1. The lowest BCUT2D eigenvalue weighted by Crippen LogP contribution is -2.44. The van der Waals surface area contributed by atoms with Gasteiger partial charge in [-0.2, -0.15) is 0 Å². The van der Waals surface area contributed by atoms with Crippen molar-refractivity contribution in [2.75, 3.05) is 6.61 Å². The van der Waals surface area contributed by atoms with Gasteiger partial charge in [0.05, 0.1) is 0 Å². The van der Waals surface area contributed by atoms with Crippen LogP contribution in [0.25, 0.3) is 0 Å². The third-order valence-electron chi connectivity index (χ3n) is 2.98. The van der Waals surface area contributed by atoms with Crippen molar-refractivity contribution >= 4 is 6.09 Å². The lowest BCUT2D eigenvalue weighted by Gasteiger charge is -2.26. The maximum absolute atomic E-state index is 11.9. The monoisotopic (exact) mass is 279 g/mol. The fourth-order valence-electron chi connectivity index (χ4n) is 1.85. The van der Waals surface area contributed by atoms with Gasteiger partial charge in [-0.15, -0.1) is 0 Å². The molecule has 0 saturated heterocycles. The zero-order valence-electron chi connectivity index (χ0n) is 12.7. The fraction of sp³-hybridized carbons (Fsp3) is 0.562. The molecule has 0 spiro atoms. The normalized spacial score (nSPS) is 14.4. The molecule has 112 valence electrons. The lowest BCUT2D eigenvalue weighted by molar-refractivity contribution is 0.0476. The van der Waals surface area contributed by atoms with Gasteiger partial charge in [-0.3, -0.25) is 0 Å². The number of amides is 1.